The molecule has 116 valence electrons. The number of nitrogens with two attached hydrogens (primary N) is 1. The van der Waals surface area contributed by atoms with Gasteiger partial charge in [0.1, 0.15) is 18.1 Å². The Morgan fingerprint density at radius 1 is 1.10 bits per heavy atom. The van der Waals surface area contributed by atoms with Gasteiger partial charge in [-0.25, -0.2) is 0 Å². The van der Waals surface area contributed by atoms with Gasteiger partial charge in [-0.3, -0.25) is 14.4 Å². The highest BCUT2D eigenvalue weighted by atomic mass is 16.4. The number of rotatable bonds is 8. The number of aliphatic hydroxyl groups is 1. The van der Waals surface area contributed by atoms with Crippen molar-refractivity contribution in [2.45, 2.75) is 45.3 Å². The van der Waals surface area contributed by atoms with E-state index in [0.717, 1.165) is 0 Å². The van der Waals surface area contributed by atoms with E-state index in [1.807, 2.05) is 13.8 Å². The van der Waals surface area contributed by atoms with Crippen molar-refractivity contribution >= 4 is 17.8 Å². The molecule has 0 heterocycles. The van der Waals surface area contributed by atoms with Crippen molar-refractivity contribution in [1.82, 2.24) is 10.6 Å². The van der Waals surface area contributed by atoms with Crippen molar-refractivity contribution in [3.63, 3.8) is 0 Å². The first-order valence-corrected chi connectivity index (χ1v) is 6.39. The predicted molar refractivity (Wildman–Crippen MR) is 71.7 cm³/mol. The fourth-order valence-electron chi connectivity index (χ4n) is 1.44. The van der Waals surface area contributed by atoms with Gasteiger partial charge < -0.3 is 26.6 Å². The largest absolute Gasteiger partial charge is 0.480 e. The van der Waals surface area contributed by atoms with E-state index in [1.54, 1.807) is 0 Å². The Labute approximate surface area is 117 Å². The van der Waals surface area contributed by atoms with Gasteiger partial charge >= 0.3 is 5.97 Å². The molecule has 8 nitrogen and oxygen atoms in total. The zero-order valence-corrected chi connectivity index (χ0v) is 11.9. The summed E-state index contributed by atoms with van der Waals surface area (Å²) in [6.07, 6.45) is 0.335. The summed E-state index contributed by atoms with van der Waals surface area (Å²) in [5.41, 5.74) is 5.36. The average Bonchev–Trinajstić information content (AvgIpc) is 2.35. The summed E-state index contributed by atoms with van der Waals surface area (Å²) < 4.78 is 0. The molecule has 3 atom stereocenters. The first-order valence-electron chi connectivity index (χ1n) is 6.39. The lowest BCUT2D eigenvalue weighted by Gasteiger charge is -2.22. The number of carbonyl (C=O) groups excluding carboxylic acids is 2. The maximum Gasteiger partial charge on any atom is 0.325 e. The Balaban J connectivity index is 4.74. The SMILES string of the molecule is CC(C)C[C@H](NC(=O)[C@@H](N)CO)C(=O)N[C@@H](C)C(=O)O. The molecular formula is C12H23N3O5. The number of aliphatic hydroxyl groups excluding tert-OH is 1. The van der Waals surface area contributed by atoms with E-state index in [2.05, 4.69) is 10.6 Å². The Hall–Kier alpha value is -1.67. The molecule has 0 aliphatic carbocycles. The quantitative estimate of drug-likeness (QED) is 0.365. The van der Waals surface area contributed by atoms with Crippen molar-refractivity contribution in [2.75, 3.05) is 6.61 Å². The molecule has 6 N–H and O–H groups in total. The number of amides is 2. The van der Waals surface area contributed by atoms with E-state index < -0.39 is 42.5 Å². The summed E-state index contributed by atoms with van der Waals surface area (Å²) in [4.78, 5) is 34.2. The Bertz CT molecular complexity index is 359. The normalized spacial score (nSPS) is 15.3. The summed E-state index contributed by atoms with van der Waals surface area (Å²) in [6.45, 7) is 4.51. The molecule has 0 bridgehead atoms. The van der Waals surface area contributed by atoms with E-state index in [9.17, 15) is 14.4 Å². The second kappa shape index (κ2) is 8.49. The third-order valence-electron chi connectivity index (χ3n) is 2.60. The van der Waals surface area contributed by atoms with Crippen molar-refractivity contribution in [3.8, 4) is 0 Å². The van der Waals surface area contributed by atoms with Gasteiger partial charge in [-0.2, -0.15) is 0 Å². The maximum absolute atomic E-state index is 11.9. The van der Waals surface area contributed by atoms with Crippen LogP contribution in [0, 0.1) is 5.92 Å². The van der Waals surface area contributed by atoms with Crippen LogP contribution in [0.2, 0.25) is 0 Å². The number of carboxylic acids is 1. The van der Waals surface area contributed by atoms with Crippen LogP contribution in [0.3, 0.4) is 0 Å². The third kappa shape index (κ3) is 6.48. The summed E-state index contributed by atoms with van der Waals surface area (Å²) in [7, 11) is 0. The highest BCUT2D eigenvalue weighted by molar-refractivity contribution is 5.91. The van der Waals surface area contributed by atoms with Crippen molar-refractivity contribution < 1.29 is 24.6 Å². The number of hydrogen-bond acceptors (Lipinski definition) is 5. The van der Waals surface area contributed by atoms with E-state index in [-0.39, 0.29) is 5.92 Å². The van der Waals surface area contributed by atoms with Crippen LogP contribution >= 0.6 is 0 Å². The summed E-state index contributed by atoms with van der Waals surface area (Å²) >= 11 is 0. The first kappa shape index (κ1) is 18.3. The molecule has 2 amide bonds. The molecule has 0 aliphatic heterocycles. The molecule has 0 saturated carbocycles. The molecule has 0 rings (SSSR count). The second-order valence-electron chi connectivity index (χ2n) is 5.05. The first-order chi connectivity index (χ1) is 9.18. The standard InChI is InChI=1S/C12H23N3O5/c1-6(2)4-9(15-10(17)8(13)5-16)11(18)14-7(3)12(19)20/h6-9,16H,4-5,13H2,1-3H3,(H,14,18)(H,15,17)(H,19,20)/t7-,8-,9-/m0/s1. The lowest BCUT2D eigenvalue weighted by Crippen LogP contribution is -2.54. The van der Waals surface area contributed by atoms with Crippen molar-refractivity contribution in [2.24, 2.45) is 11.7 Å². The Morgan fingerprint density at radius 2 is 1.65 bits per heavy atom. The minimum Gasteiger partial charge on any atom is -0.480 e. The molecule has 0 radical (unpaired) electrons. The van der Waals surface area contributed by atoms with E-state index >= 15 is 0 Å². The molecule has 0 saturated heterocycles. The molecular weight excluding hydrogens is 266 g/mol. The molecule has 20 heavy (non-hydrogen) atoms. The van der Waals surface area contributed by atoms with Gasteiger partial charge in [0.25, 0.3) is 0 Å². The van der Waals surface area contributed by atoms with Gasteiger partial charge in [0.15, 0.2) is 0 Å². The fourth-order valence-corrected chi connectivity index (χ4v) is 1.44. The summed E-state index contributed by atoms with van der Waals surface area (Å²) in [6, 6.07) is -3.06. The van der Waals surface area contributed by atoms with Gasteiger partial charge in [0, 0.05) is 0 Å². The Morgan fingerprint density at radius 3 is 2.05 bits per heavy atom. The minimum absolute atomic E-state index is 0.108. The Kier molecular flexibility index (Phi) is 7.78. The summed E-state index contributed by atoms with van der Waals surface area (Å²) in [5, 5.41) is 22.2. The smallest absolute Gasteiger partial charge is 0.325 e. The van der Waals surface area contributed by atoms with Crippen LogP contribution in [0.1, 0.15) is 27.2 Å². The molecule has 0 spiro atoms. The van der Waals surface area contributed by atoms with Crippen molar-refractivity contribution in [3.05, 3.63) is 0 Å². The lowest BCUT2D eigenvalue weighted by atomic mass is 10.0. The number of carbonyl (C=O) groups is 3. The van der Waals surface area contributed by atoms with Gasteiger partial charge in [-0.15, -0.1) is 0 Å². The summed E-state index contributed by atoms with van der Waals surface area (Å²) in [5.74, 6) is -2.31. The van der Waals surface area contributed by atoms with E-state index in [4.69, 9.17) is 15.9 Å². The highest BCUT2D eigenvalue weighted by Crippen LogP contribution is 2.05. The van der Waals surface area contributed by atoms with Crippen LogP contribution in [0.15, 0.2) is 0 Å². The van der Waals surface area contributed by atoms with Gasteiger partial charge in [0.05, 0.1) is 6.61 Å². The molecule has 0 aromatic carbocycles. The molecule has 0 fully saturated rings. The number of aliphatic carboxylic acids is 1. The zero-order chi connectivity index (χ0) is 15.9. The minimum atomic E-state index is -1.17. The van der Waals surface area contributed by atoms with Crippen LogP contribution in [0.25, 0.3) is 0 Å². The second-order valence-corrected chi connectivity index (χ2v) is 5.05. The van der Waals surface area contributed by atoms with Gasteiger partial charge in [-0.05, 0) is 19.3 Å². The predicted octanol–water partition coefficient (Wildman–Crippen LogP) is -1.57. The highest BCUT2D eigenvalue weighted by Gasteiger charge is 2.26. The van der Waals surface area contributed by atoms with Crippen molar-refractivity contribution in [1.29, 1.82) is 0 Å². The zero-order valence-electron chi connectivity index (χ0n) is 11.9. The van der Waals surface area contributed by atoms with E-state index in [0.29, 0.717) is 6.42 Å². The van der Waals surface area contributed by atoms with E-state index in [1.165, 1.54) is 6.92 Å². The van der Waals surface area contributed by atoms with Crippen LogP contribution in [0.5, 0.6) is 0 Å². The van der Waals surface area contributed by atoms with Crippen LogP contribution < -0.4 is 16.4 Å². The van der Waals surface area contributed by atoms with Gasteiger partial charge in [-0.1, -0.05) is 13.8 Å². The number of hydrogen-bond donors (Lipinski definition) is 5. The number of carboxylic acid groups (broad SMARTS) is 1. The molecule has 0 unspecified atom stereocenters. The molecule has 0 aliphatic rings. The van der Waals surface area contributed by atoms with Crippen LogP contribution in [-0.2, 0) is 14.4 Å². The van der Waals surface area contributed by atoms with Gasteiger partial charge in [0.2, 0.25) is 11.8 Å². The molecule has 8 heteroatoms. The topological polar surface area (TPSA) is 142 Å². The third-order valence-corrected chi connectivity index (χ3v) is 2.60. The number of nitrogens with one attached hydrogen (secondary N) is 2. The average molecular weight is 289 g/mol. The maximum atomic E-state index is 11.9. The lowest BCUT2D eigenvalue weighted by molar-refractivity contribution is -0.141. The molecule has 0 aromatic rings. The molecule has 0 aromatic heterocycles. The van der Waals surface area contributed by atoms with Crippen LogP contribution in [-0.4, -0.2) is 52.7 Å². The monoisotopic (exact) mass is 289 g/mol. The van der Waals surface area contributed by atoms with Crippen LogP contribution in [0.4, 0.5) is 0 Å². The fraction of sp³-hybridized carbons (Fsp3) is 0.750.